The molecule has 0 aliphatic carbocycles. The number of anilines is 2. The summed E-state index contributed by atoms with van der Waals surface area (Å²) in [4.78, 5) is 12.8. The van der Waals surface area contributed by atoms with Crippen molar-refractivity contribution in [1.82, 2.24) is 0 Å². The van der Waals surface area contributed by atoms with E-state index in [-0.39, 0.29) is 17.1 Å². The maximum absolute atomic E-state index is 12.7. The minimum Gasteiger partial charge on any atom is -0.399 e. The fraction of sp³-hybridized carbons (Fsp3) is 0.188. The molecule has 128 valence electrons. The van der Waals surface area contributed by atoms with E-state index in [1.807, 2.05) is 12.1 Å². The number of nitrogens with one attached hydrogen (secondary N) is 1. The Bertz CT molecular complexity index is 720. The van der Waals surface area contributed by atoms with Crippen LogP contribution < -0.4 is 11.1 Å². The molecule has 0 aliphatic heterocycles. The van der Waals surface area contributed by atoms with Gasteiger partial charge in [-0.25, -0.2) is 0 Å². The Labute approximate surface area is 146 Å². The minimum absolute atomic E-state index is 0.0472. The molecule has 24 heavy (non-hydrogen) atoms. The first-order chi connectivity index (χ1) is 11.3. The zero-order valence-corrected chi connectivity index (χ0v) is 13.9. The highest BCUT2D eigenvalue weighted by atomic mass is 35.5. The van der Waals surface area contributed by atoms with Crippen LogP contribution in [0.25, 0.3) is 0 Å². The van der Waals surface area contributed by atoms with Crippen molar-refractivity contribution in [1.29, 1.82) is 0 Å². The van der Waals surface area contributed by atoms with Crippen LogP contribution in [0.4, 0.5) is 24.5 Å². The molecule has 2 aromatic carbocycles. The molecule has 0 fully saturated rings. The van der Waals surface area contributed by atoms with Gasteiger partial charge in [-0.3, -0.25) is 4.79 Å². The van der Waals surface area contributed by atoms with Gasteiger partial charge < -0.3 is 11.1 Å². The van der Waals surface area contributed by atoms with Crippen LogP contribution in [0.2, 0.25) is 5.02 Å². The molecule has 0 heterocycles. The predicted octanol–water partition coefficient (Wildman–Crippen LogP) is 5.06. The second kappa shape index (κ2) is 7.81. The molecule has 0 spiro atoms. The molecule has 0 aliphatic rings. The van der Waals surface area contributed by atoms with E-state index in [0.29, 0.717) is 11.4 Å². The lowest BCUT2D eigenvalue weighted by Crippen LogP contribution is -2.14. The third-order valence-corrected chi connectivity index (χ3v) is 4.39. The number of nitrogen functional groups attached to an aromatic ring is 1. The quantitative estimate of drug-likeness (QED) is 0.568. The molecular weight excluding hydrogens is 361 g/mol. The van der Waals surface area contributed by atoms with Crippen molar-refractivity contribution in [3.8, 4) is 0 Å². The van der Waals surface area contributed by atoms with Crippen molar-refractivity contribution in [3.05, 3.63) is 53.1 Å². The fourth-order valence-corrected chi connectivity index (χ4v) is 2.85. The minimum atomic E-state index is -4.49. The molecule has 0 saturated carbocycles. The number of nitrogens with two attached hydrogens (primary N) is 1. The third-order valence-electron chi connectivity index (χ3n) is 3.05. The number of benzene rings is 2. The van der Waals surface area contributed by atoms with E-state index in [1.165, 1.54) is 11.8 Å². The van der Waals surface area contributed by atoms with Crippen LogP contribution in [0.15, 0.2) is 47.4 Å². The van der Waals surface area contributed by atoms with Gasteiger partial charge in [0, 0.05) is 22.8 Å². The molecule has 2 aromatic rings. The summed E-state index contributed by atoms with van der Waals surface area (Å²) in [6.45, 7) is 0. The highest BCUT2D eigenvalue weighted by Crippen LogP contribution is 2.33. The fourth-order valence-electron chi connectivity index (χ4n) is 1.84. The number of halogens is 4. The standard InChI is InChI=1S/C16H14ClF3N2OS/c17-13-6-1-10(16(18,19)20)9-14(13)22-15(23)7-8-24-12-4-2-11(21)3-5-12/h1-6,9H,7-8,21H2,(H,22,23). The average Bonchev–Trinajstić information content (AvgIpc) is 2.50. The smallest absolute Gasteiger partial charge is 0.399 e. The Morgan fingerprint density at radius 3 is 2.46 bits per heavy atom. The van der Waals surface area contributed by atoms with E-state index in [4.69, 9.17) is 17.3 Å². The summed E-state index contributed by atoms with van der Waals surface area (Å²) in [7, 11) is 0. The van der Waals surface area contributed by atoms with E-state index in [9.17, 15) is 18.0 Å². The molecule has 3 N–H and O–H groups in total. The predicted molar refractivity (Wildman–Crippen MR) is 91.3 cm³/mol. The Hall–Kier alpha value is -1.86. The normalized spacial score (nSPS) is 11.3. The van der Waals surface area contributed by atoms with Crippen molar-refractivity contribution in [3.63, 3.8) is 0 Å². The summed E-state index contributed by atoms with van der Waals surface area (Å²) in [6.07, 6.45) is -4.35. The molecule has 0 saturated heterocycles. The Morgan fingerprint density at radius 1 is 1.17 bits per heavy atom. The highest BCUT2D eigenvalue weighted by molar-refractivity contribution is 7.99. The number of hydrogen-bond donors (Lipinski definition) is 2. The summed E-state index contributed by atoms with van der Waals surface area (Å²) in [5, 5.41) is 2.47. The van der Waals surface area contributed by atoms with Gasteiger partial charge in [-0.05, 0) is 42.5 Å². The van der Waals surface area contributed by atoms with Gasteiger partial charge in [0.25, 0.3) is 0 Å². The lowest BCUT2D eigenvalue weighted by atomic mass is 10.2. The van der Waals surface area contributed by atoms with Gasteiger partial charge in [0.1, 0.15) is 0 Å². The molecule has 0 aromatic heterocycles. The summed E-state index contributed by atoms with van der Waals surface area (Å²) in [5.41, 5.74) is 5.32. The van der Waals surface area contributed by atoms with Crippen molar-refractivity contribution in [2.75, 3.05) is 16.8 Å². The van der Waals surface area contributed by atoms with Gasteiger partial charge in [0.15, 0.2) is 0 Å². The van der Waals surface area contributed by atoms with Gasteiger partial charge in [-0.1, -0.05) is 11.6 Å². The van der Waals surface area contributed by atoms with Crippen LogP contribution in [0.5, 0.6) is 0 Å². The first kappa shape index (κ1) is 18.5. The number of rotatable bonds is 5. The van der Waals surface area contributed by atoms with E-state index >= 15 is 0 Å². The van der Waals surface area contributed by atoms with E-state index < -0.39 is 17.6 Å². The van der Waals surface area contributed by atoms with Gasteiger partial charge in [-0.2, -0.15) is 13.2 Å². The second-order valence-electron chi connectivity index (χ2n) is 4.91. The zero-order chi connectivity index (χ0) is 17.7. The maximum atomic E-state index is 12.7. The topological polar surface area (TPSA) is 55.1 Å². The molecule has 8 heteroatoms. The van der Waals surface area contributed by atoms with Crippen molar-refractivity contribution < 1.29 is 18.0 Å². The van der Waals surface area contributed by atoms with E-state index in [2.05, 4.69) is 5.32 Å². The van der Waals surface area contributed by atoms with Gasteiger partial charge in [0.2, 0.25) is 5.91 Å². The first-order valence-electron chi connectivity index (χ1n) is 6.90. The molecule has 1 amide bonds. The third kappa shape index (κ3) is 5.35. The monoisotopic (exact) mass is 374 g/mol. The van der Waals surface area contributed by atoms with Gasteiger partial charge in [0.05, 0.1) is 16.3 Å². The lowest BCUT2D eigenvalue weighted by molar-refractivity contribution is -0.137. The average molecular weight is 375 g/mol. The molecule has 0 unspecified atom stereocenters. The summed E-state index contributed by atoms with van der Waals surface area (Å²) in [6, 6.07) is 9.99. The Balaban J connectivity index is 1.91. The number of carbonyl (C=O) groups excluding carboxylic acids is 1. The number of carbonyl (C=O) groups is 1. The van der Waals surface area contributed by atoms with Crippen molar-refractivity contribution >= 4 is 40.6 Å². The number of alkyl halides is 3. The molecule has 0 bridgehead atoms. The van der Waals surface area contributed by atoms with Crippen LogP contribution in [-0.4, -0.2) is 11.7 Å². The summed E-state index contributed by atoms with van der Waals surface area (Å²) in [5.74, 6) is 0.0750. The van der Waals surface area contributed by atoms with E-state index in [0.717, 1.165) is 23.1 Å². The first-order valence-corrected chi connectivity index (χ1v) is 8.27. The molecule has 0 atom stereocenters. The lowest BCUT2D eigenvalue weighted by Gasteiger charge is -2.11. The van der Waals surface area contributed by atoms with Gasteiger partial charge >= 0.3 is 6.18 Å². The highest BCUT2D eigenvalue weighted by Gasteiger charge is 2.31. The molecule has 2 rings (SSSR count). The SMILES string of the molecule is Nc1ccc(SCCC(=O)Nc2cc(C(F)(F)F)ccc2Cl)cc1. The zero-order valence-electron chi connectivity index (χ0n) is 12.4. The van der Waals surface area contributed by atoms with Crippen molar-refractivity contribution in [2.24, 2.45) is 0 Å². The number of hydrogen-bond acceptors (Lipinski definition) is 3. The van der Waals surface area contributed by atoms with Crippen LogP contribution >= 0.6 is 23.4 Å². The second-order valence-corrected chi connectivity index (χ2v) is 6.48. The number of amides is 1. The summed E-state index contributed by atoms with van der Waals surface area (Å²) >= 11 is 7.29. The van der Waals surface area contributed by atoms with Crippen LogP contribution in [0.1, 0.15) is 12.0 Å². The largest absolute Gasteiger partial charge is 0.416 e. The summed E-state index contributed by atoms with van der Waals surface area (Å²) < 4.78 is 38.1. The van der Waals surface area contributed by atoms with Crippen molar-refractivity contribution in [2.45, 2.75) is 17.5 Å². The Kier molecular flexibility index (Phi) is 6.01. The maximum Gasteiger partial charge on any atom is 0.416 e. The molecule has 3 nitrogen and oxygen atoms in total. The Morgan fingerprint density at radius 2 is 1.83 bits per heavy atom. The van der Waals surface area contributed by atoms with Gasteiger partial charge in [-0.15, -0.1) is 11.8 Å². The molecule has 0 radical (unpaired) electrons. The van der Waals surface area contributed by atoms with Crippen LogP contribution in [0, 0.1) is 0 Å². The number of thioether (sulfide) groups is 1. The van der Waals surface area contributed by atoms with Crippen LogP contribution in [0.3, 0.4) is 0 Å². The van der Waals surface area contributed by atoms with Crippen LogP contribution in [-0.2, 0) is 11.0 Å². The van der Waals surface area contributed by atoms with E-state index in [1.54, 1.807) is 12.1 Å². The molecular formula is C16H14ClF3N2OS.